The monoisotopic (exact) mass is 226 g/mol. The molecule has 0 aromatic carbocycles. The quantitative estimate of drug-likeness (QED) is 0.800. The molecular weight excluding hydrogens is 200 g/mol. The second-order valence-corrected chi connectivity index (χ2v) is 6.29. The van der Waals surface area contributed by atoms with Crippen molar-refractivity contribution in [2.75, 3.05) is 6.61 Å². The molecule has 1 spiro atoms. The van der Waals surface area contributed by atoms with Gasteiger partial charge in [-0.25, -0.2) is 0 Å². The second kappa shape index (κ2) is 4.66. The van der Waals surface area contributed by atoms with Gasteiger partial charge >= 0.3 is 0 Å². The summed E-state index contributed by atoms with van der Waals surface area (Å²) in [4.78, 5) is 0. The first-order chi connectivity index (χ1) is 7.54. The smallest absolute Gasteiger partial charge is 0.0880 e. The molecule has 2 rings (SSSR count). The Bertz CT molecular complexity index is 219. The molecule has 2 saturated carbocycles. The molecule has 0 aromatic heterocycles. The molecule has 94 valence electrons. The van der Waals surface area contributed by atoms with Gasteiger partial charge in [-0.1, -0.05) is 12.8 Å². The van der Waals surface area contributed by atoms with Gasteiger partial charge in [0.2, 0.25) is 0 Å². The maximum absolute atomic E-state index is 10.4. The molecule has 0 heterocycles. The molecule has 0 aliphatic heterocycles. The van der Waals surface area contributed by atoms with E-state index in [2.05, 4.69) is 0 Å². The predicted molar refractivity (Wildman–Crippen MR) is 65.4 cm³/mol. The van der Waals surface area contributed by atoms with E-state index in [9.17, 15) is 5.11 Å². The van der Waals surface area contributed by atoms with Crippen LogP contribution in [0.4, 0.5) is 0 Å². The average molecular weight is 226 g/mol. The van der Waals surface area contributed by atoms with E-state index in [-0.39, 0.29) is 6.10 Å². The van der Waals surface area contributed by atoms with Gasteiger partial charge in [0, 0.05) is 0 Å². The van der Waals surface area contributed by atoms with Crippen LogP contribution in [0.5, 0.6) is 0 Å². The largest absolute Gasteiger partial charge is 0.387 e. The Morgan fingerprint density at radius 3 is 2.06 bits per heavy atom. The molecule has 0 radical (unpaired) electrons. The van der Waals surface area contributed by atoms with Crippen molar-refractivity contribution >= 4 is 0 Å². The Kier molecular flexibility index (Phi) is 3.60. The van der Waals surface area contributed by atoms with Crippen LogP contribution >= 0.6 is 0 Å². The highest BCUT2D eigenvalue weighted by molar-refractivity contribution is 4.95. The fourth-order valence-corrected chi connectivity index (χ4v) is 3.34. The highest BCUT2D eigenvalue weighted by atomic mass is 16.5. The minimum absolute atomic E-state index is 0.228. The van der Waals surface area contributed by atoms with E-state index >= 15 is 0 Å². The van der Waals surface area contributed by atoms with Crippen molar-refractivity contribution in [1.29, 1.82) is 0 Å². The van der Waals surface area contributed by atoms with Crippen molar-refractivity contribution in [3.05, 3.63) is 0 Å². The van der Waals surface area contributed by atoms with Gasteiger partial charge in [-0.05, 0) is 57.8 Å². The molecule has 0 amide bonds. The van der Waals surface area contributed by atoms with E-state index < -0.39 is 5.60 Å². The zero-order valence-electron chi connectivity index (χ0n) is 10.8. The highest BCUT2D eigenvalue weighted by Crippen LogP contribution is 2.51. The maximum Gasteiger partial charge on any atom is 0.0880 e. The first-order valence-corrected chi connectivity index (χ1v) is 6.88. The Labute approximate surface area is 99.4 Å². The molecule has 2 fully saturated rings. The Morgan fingerprint density at radius 2 is 1.56 bits per heavy atom. The van der Waals surface area contributed by atoms with Gasteiger partial charge in [-0.3, -0.25) is 0 Å². The fraction of sp³-hybridized carbons (Fsp3) is 1.00. The third-order valence-electron chi connectivity index (χ3n) is 4.59. The van der Waals surface area contributed by atoms with Crippen molar-refractivity contribution in [2.45, 2.75) is 76.9 Å². The summed E-state index contributed by atoms with van der Waals surface area (Å²) in [6.07, 6.45) is 10.1. The molecule has 0 bridgehead atoms. The lowest BCUT2D eigenvalue weighted by molar-refractivity contribution is -0.101. The van der Waals surface area contributed by atoms with Crippen LogP contribution in [-0.4, -0.2) is 23.4 Å². The Balaban J connectivity index is 1.83. The third kappa shape index (κ3) is 2.78. The van der Waals surface area contributed by atoms with E-state index in [0.717, 1.165) is 12.8 Å². The van der Waals surface area contributed by atoms with Crippen molar-refractivity contribution < 1.29 is 9.84 Å². The van der Waals surface area contributed by atoms with E-state index in [1.807, 2.05) is 13.8 Å². The maximum atomic E-state index is 10.4. The van der Waals surface area contributed by atoms with Gasteiger partial charge in [0.1, 0.15) is 0 Å². The minimum Gasteiger partial charge on any atom is -0.387 e. The lowest BCUT2D eigenvalue weighted by Gasteiger charge is -2.42. The van der Waals surface area contributed by atoms with Crippen LogP contribution in [-0.2, 0) is 4.74 Å². The molecule has 1 N–H and O–H groups in total. The van der Waals surface area contributed by atoms with Crippen LogP contribution in [0.15, 0.2) is 0 Å². The summed E-state index contributed by atoms with van der Waals surface area (Å²) in [5.74, 6) is 0. The van der Waals surface area contributed by atoms with Crippen molar-refractivity contribution in [3.63, 3.8) is 0 Å². The van der Waals surface area contributed by atoms with E-state index in [0.29, 0.717) is 12.0 Å². The van der Waals surface area contributed by atoms with E-state index in [1.54, 1.807) is 0 Å². The molecule has 2 aliphatic carbocycles. The molecular formula is C14H26O2. The van der Waals surface area contributed by atoms with Gasteiger partial charge in [0.25, 0.3) is 0 Å². The molecule has 16 heavy (non-hydrogen) atoms. The van der Waals surface area contributed by atoms with Crippen LogP contribution in [0.2, 0.25) is 0 Å². The summed E-state index contributed by atoms with van der Waals surface area (Å²) in [5, 5.41) is 10.4. The summed E-state index contributed by atoms with van der Waals surface area (Å²) in [5.41, 5.74) is 0.0716. The zero-order valence-corrected chi connectivity index (χ0v) is 10.8. The molecule has 0 atom stereocenters. The Morgan fingerprint density at radius 1 is 1.00 bits per heavy atom. The van der Waals surface area contributed by atoms with Gasteiger partial charge in [-0.2, -0.15) is 0 Å². The summed E-state index contributed by atoms with van der Waals surface area (Å²) in [6, 6.07) is 0. The van der Waals surface area contributed by atoms with E-state index in [1.165, 1.54) is 38.5 Å². The van der Waals surface area contributed by atoms with Crippen LogP contribution < -0.4 is 0 Å². The number of rotatable bonds is 3. The third-order valence-corrected chi connectivity index (χ3v) is 4.59. The number of hydrogen-bond donors (Lipinski definition) is 1. The average Bonchev–Trinajstić information content (AvgIpc) is 2.70. The minimum atomic E-state index is -0.530. The summed E-state index contributed by atoms with van der Waals surface area (Å²) in [7, 11) is 0. The zero-order chi connectivity index (χ0) is 11.6. The van der Waals surface area contributed by atoms with Crippen molar-refractivity contribution in [1.82, 2.24) is 0 Å². The summed E-state index contributed by atoms with van der Waals surface area (Å²) >= 11 is 0. The predicted octanol–water partition coefficient (Wildman–Crippen LogP) is 3.28. The molecule has 2 heteroatoms. The van der Waals surface area contributed by atoms with E-state index in [4.69, 9.17) is 4.74 Å². The lowest BCUT2D eigenvalue weighted by Crippen LogP contribution is -2.42. The Hall–Kier alpha value is -0.0800. The first-order valence-electron chi connectivity index (χ1n) is 6.88. The second-order valence-electron chi connectivity index (χ2n) is 6.29. The summed E-state index contributed by atoms with van der Waals surface area (Å²) < 4.78 is 5.59. The number of aliphatic hydroxyl groups is 1. The standard InChI is InChI=1S/C14H26O2/c1-12(2)16-11-14(15)9-7-13(8-10-14)5-3-4-6-13/h12,15H,3-11H2,1-2H3. The highest BCUT2D eigenvalue weighted by Gasteiger charge is 2.43. The van der Waals surface area contributed by atoms with Gasteiger partial charge in [0.15, 0.2) is 0 Å². The summed E-state index contributed by atoms with van der Waals surface area (Å²) in [6.45, 7) is 4.59. The van der Waals surface area contributed by atoms with Crippen LogP contribution in [0.3, 0.4) is 0 Å². The molecule has 0 aromatic rings. The van der Waals surface area contributed by atoms with Crippen molar-refractivity contribution in [3.8, 4) is 0 Å². The molecule has 2 nitrogen and oxygen atoms in total. The molecule has 0 unspecified atom stereocenters. The number of hydrogen-bond acceptors (Lipinski definition) is 2. The van der Waals surface area contributed by atoms with Gasteiger partial charge < -0.3 is 9.84 Å². The molecule has 2 aliphatic rings. The van der Waals surface area contributed by atoms with Gasteiger partial charge in [-0.15, -0.1) is 0 Å². The fourth-order valence-electron chi connectivity index (χ4n) is 3.34. The van der Waals surface area contributed by atoms with Crippen molar-refractivity contribution in [2.24, 2.45) is 5.41 Å². The topological polar surface area (TPSA) is 29.5 Å². The van der Waals surface area contributed by atoms with Gasteiger partial charge in [0.05, 0.1) is 18.3 Å². The molecule has 0 saturated heterocycles. The van der Waals surface area contributed by atoms with Crippen LogP contribution in [0.25, 0.3) is 0 Å². The van der Waals surface area contributed by atoms with Crippen LogP contribution in [0, 0.1) is 5.41 Å². The normalized spacial score (nSPS) is 27.8. The first kappa shape index (κ1) is 12.4. The number of ether oxygens (including phenoxy) is 1. The lowest BCUT2D eigenvalue weighted by atomic mass is 9.68. The van der Waals surface area contributed by atoms with Crippen LogP contribution in [0.1, 0.15) is 65.2 Å². The SMILES string of the molecule is CC(C)OCC1(O)CCC2(CCCC2)CC1.